The van der Waals surface area contributed by atoms with Gasteiger partial charge in [-0.05, 0) is 31.2 Å². The summed E-state index contributed by atoms with van der Waals surface area (Å²) in [5, 5.41) is 0. The van der Waals surface area contributed by atoms with Crippen molar-refractivity contribution in [1.82, 2.24) is 5.43 Å². The summed E-state index contributed by atoms with van der Waals surface area (Å²) >= 11 is 0. The Balaban J connectivity index is 2.23. The van der Waals surface area contributed by atoms with Gasteiger partial charge in [0.15, 0.2) is 11.4 Å². The van der Waals surface area contributed by atoms with Crippen molar-refractivity contribution in [3.05, 3.63) is 53.2 Å². The molecule has 0 saturated carbocycles. The minimum atomic E-state index is -0.581. The van der Waals surface area contributed by atoms with Crippen LogP contribution in [-0.4, -0.2) is 13.0 Å². The van der Waals surface area contributed by atoms with E-state index >= 15 is 0 Å². The van der Waals surface area contributed by atoms with E-state index in [9.17, 15) is 4.79 Å². The minimum absolute atomic E-state index is 0.214. The van der Waals surface area contributed by atoms with Crippen LogP contribution in [0.3, 0.4) is 0 Å². The highest BCUT2D eigenvalue weighted by atomic mass is 16.5. The van der Waals surface area contributed by atoms with E-state index in [2.05, 4.69) is 11.5 Å². The normalized spacial score (nSPS) is 13.3. The van der Waals surface area contributed by atoms with Gasteiger partial charge in [-0.1, -0.05) is 17.7 Å². The highest BCUT2D eigenvalue weighted by molar-refractivity contribution is 6.01. The predicted octanol–water partition coefficient (Wildman–Crippen LogP) is 0.496. The van der Waals surface area contributed by atoms with Gasteiger partial charge in [-0.3, -0.25) is 4.79 Å². The van der Waals surface area contributed by atoms with E-state index in [1.54, 1.807) is 12.5 Å². The number of benzene rings is 2. The maximum atomic E-state index is 11.5. The first-order valence-electron chi connectivity index (χ1n) is 7.20. The first-order valence-corrected chi connectivity index (χ1v) is 7.20. The summed E-state index contributed by atoms with van der Waals surface area (Å²) in [6.07, 6.45) is 0. The van der Waals surface area contributed by atoms with Crippen molar-refractivity contribution in [2.75, 3.05) is 7.11 Å². The first kappa shape index (κ1) is 14.9. The number of amides is 1. The Morgan fingerprint density at radius 1 is 1.17 bits per heavy atom. The van der Waals surface area contributed by atoms with Gasteiger partial charge in [0, 0.05) is 11.1 Å². The van der Waals surface area contributed by atoms with Crippen molar-refractivity contribution in [2.24, 2.45) is 11.5 Å². The number of methoxy groups -OCH3 is 1. The van der Waals surface area contributed by atoms with E-state index in [0.29, 0.717) is 5.70 Å². The number of para-hydroxylation sites is 1. The van der Waals surface area contributed by atoms with Crippen molar-refractivity contribution in [3.63, 3.8) is 0 Å². The lowest BCUT2D eigenvalue weighted by Crippen LogP contribution is -2.89. The zero-order valence-corrected chi connectivity index (χ0v) is 13.0. The third-order valence-electron chi connectivity index (χ3n) is 3.92. The van der Waals surface area contributed by atoms with Gasteiger partial charge in [0.25, 0.3) is 5.91 Å². The van der Waals surface area contributed by atoms with E-state index in [-0.39, 0.29) is 5.70 Å². The van der Waals surface area contributed by atoms with Crippen LogP contribution in [0.5, 0.6) is 5.75 Å². The lowest BCUT2D eigenvalue weighted by Gasteiger charge is -2.21. The molecule has 23 heavy (non-hydrogen) atoms. The lowest BCUT2D eigenvalue weighted by molar-refractivity contribution is -0.625. The summed E-state index contributed by atoms with van der Waals surface area (Å²) in [6, 6.07) is 11.8. The van der Waals surface area contributed by atoms with Crippen LogP contribution in [-0.2, 0) is 4.79 Å². The molecule has 0 radical (unpaired) electrons. The molecule has 0 aliphatic carbocycles. The van der Waals surface area contributed by atoms with Crippen LogP contribution in [0, 0.1) is 6.92 Å². The van der Waals surface area contributed by atoms with Crippen LogP contribution in [0.15, 0.2) is 42.1 Å². The molecule has 0 atom stereocenters. The maximum absolute atomic E-state index is 11.5. The van der Waals surface area contributed by atoms with Crippen LogP contribution >= 0.6 is 0 Å². The number of rotatable bonds is 3. The highest BCUT2D eigenvalue weighted by Gasteiger charge is 2.26. The number of fused-ring (bicyclic) bond motifs is 1. The van der Waals surface area contributed by atoms with Crippen molar-refractivity contribution in [3.8, 4) is 16.9 Å². The number of nitrogens with one attached hydrogen (secondary N) is 1. The van der Waals surface area contributed by atoms with Gasteiger partial charge >= 0.3 is 0 Å². The fourth-order valence-corrected chi connectivity index (χ4v) is 2.78. The summed E-state index contributed by atoms with van der Waals surface area (Å²) in [6.45, 7) is 2.03. The van der Waals surface area contributed by atoms with Gasteiger partial charge < -0.3 is 16.2 Å². The Morgan fingerprint density at radius 3 is 2.61 bits per heavy atom. The summed E-state index contributed by atoms with van der Waals surface area (Å²) in [5.74, 6) is 0.198. The van der Waals surface area contributed by atoms with Crippen molar-refractivity contribution in [1.29, 1.82) is 0 Å². The fraction of sp³-hybridized carbons (Fsp3) is 0.118. The zero-order valence-electron chi connectivity index (χ0n) is 13.0. The Morgan fingerprint density at radius 2 is 1.91 bits per heavy atom. The molecule has 1 aliphatic rings. The summed E-state index contributed by atoms with van der Waals surface area (Å²) in [5.41, 5.74) is 21.4. The van der Waals surface area contributed by atoms with Gasteiger partial charge in [0.1, 0.15) is 5.75 Å². The van der Waals surface area contributed by atoms with Gasteiger partial charge in [-0.2, -0.15) is 0 Å². The minimum Gasteiger partial charge on any atom is -0.496 e. The predicted molar refractivity (Wildman–Crippen MR) is 88.2 cm³/mol. The van der Waals surface area contributed by atoms with E-state index in [1.165, 1.54) is 0 Å². The standard InChI is InChI=1S/C17H18N4O2/c1-9-6-7-13(23-2)12(8-9)10-4-3-5-11-14(18)16(17(19)22)21-20-15(10)11/h3-8,20-21H,18H2,1-2H3,(H2,19,22)/p+1. The second-order valence-corrected chi connectivity index (χ2v) is 5.41. The molecule has 0 aromatic heterocycles. The van der Waals surface area contributed by atoms with Crippen LogP contribution in [0.25, 0.3) is 16.8 Å². The largest absolute Gasteiger partial charge is 0.496 e. The molecule has 2 aromatic carbocycles. The number of carbonyl (C=O) groups is 1. The van der Waals surface area contributed by atoms with Crippen LogP contribution in [0.4, 0.5) is 5.69 Å². The Hall–Kier alpha value is -2.99. The van der Waals surface area contributed by atoms with Crippen LogP contribution in [0.2, 0.25) is 0 Å². The number of aryl methyl sites for hydroxylation is 1. The van der Waals surface area contributed by atoms with Crippen LogP contribution in [0.1, 0.15) is 11.1 Å². The molecule has 1 aliphatic heterocycles. The molecule has 6 heteroatoms. The zero-order chi connectivity index (χ0) is 16.6. The molecule has 0 unspecified atom stereocenters. The maximum Gasteiger partial charge on any atom is 0.272 e. The van der Waals surface area contributed by atoms with E-state index < -0.39 is 5.91 Å². The first-order chi connectivity index (χ1) is 11.0. The molecule has 2 aromatic rings. The summed E-state index contributed by atoms with van der Waals surface area (Å²) in [4.78, 5) is 11.5. The second kappa shape index (κ2) is 5.66. The number of hydrogen-bond donors (Lipinski definition) is 4. The number of quaternary nitrogens is 1. The number of primary amides is 1. The van der Waals surface area contributed by atoms with Crippen molar-refractivity contribution < 1.29 is 15.0 Å². The number of ether oxygens (including phenoxy) is 1. The fourth-order valence-electron chi connectivity index (χ4n) is 2.78. The van der Waals surface area contributed by atoms with Gasteiger partial charge in [-0.25, -0.2) is 10.9 Å². The molecule has 0 spiro atoms. The molecule has 1 heterocycles. The molecule has 7 N–H and O–H groups in total. The smallest absolute Gasteiger partial charge is 0.272 e. The van der Waals surface area contributed by atoms with E-state index in [4.69, 9.17) is 16.2 Å². The molecule has 0 bridgehead atoms. The Bertz CT molecular complexity index is 827. The van der Waals surface area contributed by atoms with Gasteiger partial charge in [-0.15, -0.1) is 0 Å². The molecule has 1 amide bonds. The van der Waals surface area contributed by atoms with Gasteiger partial charge in [0.05, 0.1) is 18.4 Å². The SMILES string of the molecule is COc1ccc(C)cc1-c1cccc2c1[NH2+]NC(C(N)=O)=C2N. The monoisotopic (exact) mass is 311 g/mol. The third-order valence-corrected chi connectivity index (χ3v) is 3.92. The van der Waals surface area contributed by atoms with E-state index in [0.717, 1.165) is 33.7 Å². The average molecular weight is 311 g/mol. The van der Waals surface area contributed by atoms with Crippen molar-refractivity contribution >= 4 is 17.3 Å². The molecule has 0 saturated heterocycles. The summed E-state index contributed by atoms with van der Waals surface area (Å²) in [7, 11) is 1.64. The molecule has 6 nitrogen and oxygen atoms in total. The quantitative estimate of drug-likeness (QED) is 0.489. The topological polar surface area (TPSA) is 107 Å². The van der Waals surface area contributed by atoms with Gasteiger partial charge in [0.2, 0.25) is 0 Å². The molecule has 118 valence electrons. The molecule has 0 fully saturated rings. The van der Waals surface area contributed by atoms with Crippen LogP contribution < -0.4 is 27.1 Å². The van der Waals surface area contributed by atoms with E-state index in [1.807, 2.05) is 37.3 Å². The molecule has 3 rings (SSSR count). The summed E-state index contributed by atoms with van der Waals surface area (Å²) < 4.78 is 5.48. The molecular formula is C17H19N4O2+. The number of nitrogens with two attached hydrogens (primary N) is 3. The average Bonchev–Trinajstić information content (AvgIpc) is 2.54. The third kappa shape index (κ3) is 2.49. The Kier molecular flexibility index (Phi) is 3.67. The second-order valence-electron chi connectivity index (χ2n) is 5.41. The number of hydrogen-bond acceptors (Lipinski definition) is 4. The molecular weight excluding hydrogens is 292 g/mol. The van der Waals surface area contributed by atoms with Crippen molar-refractivity contribution in [2.45, 2.75) is 6.92 Å². The number of carbonyl (C=O) groups excluding carboxylic acids is 1. The highest BCUT2D eigenvalue weighted by Crippen LogP contribution is 2.37. The lowest BCUT2D eigenvalue weighted by atomic mass is 9.95. The Labute approximate surface area is 134 Å².